The second-order valence-corrected chi connectivity index (χ2v) is 2.17. The Hall–Kier alpha value is -1.37. The summed E-state index contributed by atoms with van der Waals surface area (Å²) in [5, 5.41) is 0. The fraction of sp³-hybridized carbons (Fsp3) is 0.182. The molecule has 0 aromatic rings. The summed E-state index contributed by atoms with van der Waals surface area (Å²) >= 11 is 0. The molecule has 1 heteroatoms. The molecule has 0 amide bonds. The molecule has 1 nitrogen and oxygen atoms in total. The Balaban J connectivity index is 4.32. The van der Waals surface area contributed by atoms with E-state index in [4.69, 9.17) is 0 Å². The highest BCUT2D eigenvalue weighted by Gasteiger charge is 1.79. The van der Waals surface area contributed by atoms with Crippen molar-refractivity contribution in [2.24, 2.45) is 4.99 Å². The Bertz CT molecular complexity index is 229. The van der Waals surface area contributed by atoms with E-state index >= 15 is 0 Å². The summed E-state index contributed by atoms with van der Waals surface area (Å²) in [6, 6.07) is 0. The average molecular weight is 161 g/mol. The maximum Gasteiger partial charge on any atom is 0.0277 e. The van der Waals surface area contributed by atoms with Gasteiger partial charge in [-0.1, -0.05) is 37.0 Å². The minimum absolute atomic E-state index is 1.12. The van der Waals surface area contributed by atoms with Crippen molar-refractivity contribution < 1.29 is 0 Å². The third kappa shape index (κ3) is 5.42. The van der Waals surface area contributed by atoms with Crippen molar-refractivity contribution in [1.82, 2.24) is 0 Å². The van der Waals surface area contributed by atoms with Crippen molar-refractivity contribution in [2.75, 3.05) is 7.05 Å². The lowest BCUT2D eigenvalue weighted by Crippen LogP contribution is -1.70. The van der Waals surface area contributed by atoms with Crippen LogP contribution in [0.4, 0.5) is 0 Å². The Kier molecular flexibility index (Phi) is 6.85. The first-order valence-corrected chi connectivity index (χ1v) is 3.89. The molecule has 0 N–H and O–H groups in total. The number of hydrogen-bond acceptors (Lipinski definition) is 1. The molecule has 64 valence electrons. The van der Waals surface area contributed by atoms with Crippen molar-refractivity contribution in [3.8, 4) is 0 Å². The highest BCUT2D eigenvalue weighted by molar-refractivity contribution is 5.72. The van der Waals surface area contributed by atoms with Crippen LogP contribution in [-0.2, 0) is 0 Å². The van der Waals surface area contributed by atoms with E-state index in [1.165, 1.54) is 0 Å². The number of hydrogen-bond donors (Lipinski definition) is 0. The SMILES string of the molecule is C=C/C=C(\C=C/C)/C=C\C=NC. The number of aliphatic imine (C=N–C) groups is 1. The molecule has 0 aliphatic carbocycles. The van der Waals surface area contributed by atoms with Crippen LogP contribution in [0.3, 0.4) is 0 Å². The fourth-order valence-corrected chi connectivity index (χ4v) is 0.735. The van der Waals surface area contributed by atoms with Gasteiger partial charge in [-0.3, -0.25) is 4.99 Å². The van der Waals surface area contributed by atoms with E-state index < -0.39 is 0 Å². The van der Waals surface area contributed by atoms with E-state index in [0.29, 0.717) is 0 Å². The maximum atomic E-state index is 3.84. The molecule has 0 aromatic heterocycles. The summed E-state index contributed by atoms with van der Waals surface area (Å²) in [6.07, 6.45) is 13.3. The molecule has 12 heavy (non-hydrogen) atoms. The maximum absolute atomic E-state index is 3.84. The molecule has 0 atom stereocenters. The van der Waals surface area contributed by atoms with E-state index in [1.54, 1.807) is 19.3 Å². The Morgan fingerprint density at radius 1 is 1.33 bits per heavy atom. The Labute approximate surface area is 74.5 Å². The molecular weight excluding hydrogens is 146 g/mol. The van der Waals surface area contributed by atoms with E-state index in [2.05, 4.69) is 11.6 Å². The summed E-state index contributed by atoms with van der Waals surface area (Å²) < 4.78 is 0. The van der Waals surface area contributed by atoms with Crippen molar-refractivity contribution in [3.05, 3.63) is 48.6 Å². The molecule has 0 radical (unpaired) electrons. The molecule has 0 unspecified atom stereocenters. The zero-order chi connectivity index (χ0) is 9.23. The average Bonchev–Trinajstić information content (AvgIpc) is 2.06. The molecule has 0 rings (SSSR count). The van der Waals surface area contributed by atoms with Crippen LogP contribution in [0.25, 0.3) is 0 Å². The quantitative estimate of drug-likeness (QED) is 0.444. The normalized spacial score (nSPS) is 13.7. The van der Waals surface area contributed by atoms with Gasteiger partial charge in [0.15, 0.2) is 0 Å². The molecule has 0 aromatic carbocycles. The van der Waals surface area contributed by atoms with Gasteiger partial charge in [-0.2, -0.15) is 0 Å². The van der Waals surface area contributed by atoms with Gasteiger partial charge in [-0.25, -0.2) is 0 Å². The van der Waals surface area contributed by atoms with Gasteiger partial charge in [-0.05, 0) is 18.6 Å². The Morgan fingerprint density at radius 2 is 2.08 bits per heavy atom. The van der Waals surface area contributed by atoms with Gasteiger partial charge >= 0.3 is 0 Å². The second-order valence-electron chi connectivity index (χ2n) is 2.17. The lowest BCUT2D eigenvalue weighted by molar-refractivity contribution is 1.47. The van der Waals surface area contributed by atoms with Crippen LogP contribution in [-0.4, -0.2) is 13.3 Å². The highest BCUT2D eigenvalue weighted by atomic mass is 14.6. The van der Waals surface area contributed by atoms with Gasteiger partial charge in [0, 0.05) is 13.3 Å². The minimum atomic E-state index is 1.12. The first-order chi connectivity index (χ1) is 5.85. The van der Waals surface area contributed by atoms with Gasteiger partial charge in [0.05, 0.1) is 0 Å². The zero-order valence-electron chi connectivity index (χ0n) is 7.70. The van der Waals surface area contributed by atoms with Crippen molar-refractivity contribution in [1.29, 1.82) is 0 Å². The summed E-state index contributed by atoms with van der Waals surface area (Å²) in [7, 11) is 1.75. The summed E-state index contributed by atoms with van der Waals surface area (Å²) in [5.41, 5.74) is 1.12. The van der Waals surface area contributed by atoms with E-state index in [-0.39, 0.29) is 0 Å². The van der Waals surface area contributed by atoms with Gasteiger partial charge in [0.2, 0.25) is 0 Å². The molecule has 0 fully saturated rings. The molecule has 0 heterocycles. The Morgan fingerprint density at radius 3 is 2.58 bits per heavy atom. The molecular formula is C11H15N. The monoisotopic (exact) mass is 161 g/mol. The lowest BCUT2D eigenvalue weighted by atomic mass is 10.2. The fourth-order valence-electron chi connectivity index (χ4n) is 0.735. The highest BCUT2D eigenvalue weighted by Crippen LogP contribution is 1.98. The minimum Gasteiger partial charge on any atom is -0.297 e. The number of rotatable bonds is 4. The molecule has 0 spiro atoms. The summed E-state index contributed by atoms with van der Waals surface area (Å²) in [5.74, 6) is 0. The van der Waals surface area contributed by atoms with Crippen molar-refractivity contribution in [2.45, 2.75) is 6.92 Å². The predicted octanol–water partition coefficient (Wildman–Crippen LogP) is 2.93. The van der Waals surface area contributed by atoms with Crippen molar-refractivity contribution >= 4 is 6.21 Å². The molecule has 0 saturated carbocycles. The van der Waals surface area contributed by atoms with Gasteiger partial charge in [0.25, 0.3) is 0 Å². The largest absolute Gasteiger partial charge is 0.297 e. The molecule has 0 saturated heterocycles. The number of allylic oxidation sites excluding steroid dienone is 7. The number of nitrogens with zero attached hydrogens (tertiary/aromatic N) is 1. The smallest absolute Gasteiger partial charge is 0.0277 e. The van der Waals surface area contributed by atoms with Crippen LogP contribution in [0, 0.1) is 0 Å². The van der Waals surface area contributed by atoms with Crippen LogP contribution in [0.2, 0.25) is 0 Å². The van der Waals surface area contributed by atoms with Crippen LogP contribution in [0.1, 0.15) is 6.92 Å². The topological polar surface area (TPSA) is 12.4 Å². The first-order valence-electron chi connectivity index (χ1n) is 3.89. The van der Waals surface area contributed by atoms with E-state index in [0.717, 1.165) is 5.57 Å². The van der Waals surface area contributed by atoms with Crippen LogP contribution < -0.4 is 0 Å². The second kappa shape index (κ2) is 7.73. The van der Waals surface area contributed by atoms with Gasteiger partial charge < -0.3 is 0 Å². The standard InChI is InChI=1S/C11H15N/c1-4-7-11(8-5-2)9-6-10-12-3/h4-10H,1H2,2-3H3/b8-5-,9-6-,11-7+,12-10?. The molecule has 0 aliphatic heterocycles. The van der Waals surface area contributed by atoms with E-state index in [9.17, 15) is 0 Å². The zero-order valence-corrected chi connectivity index (χ0v) is 7.70. The molecule has 0 bridgehead atoms. The van der Waals surface area contributed by atoms with Gasteiger partial charge in [0.1, 0.15) is 0 Å². The summed E-state index contributed by atoms with van der Waals surface area (Å²) in [6.45, 7) is 5.62. The third-order valence-corrected chi connectivity index (χ3v) is 1.19. The third-order valence-electron chi connectivity index (χ3n) is 1.19. The summed E-state index contributed by atoms with van der Waals surface area (Å²) in [4.78, 5) is 3.84. The van der Waals surface area contributed by atoms with Crippen molar-refractivity contribution in [3.63, 3.8) is 0 Å². The van der Waals surface area contributed by atoms with Crippen LogP contribution in [0.15, 0.2) is 53.6 Å². The van der Waals surface area contributed by atoms with Crippen LogP contribution >= 0.6 is 0 Å². The van der Waals surface area contributed by atoms with E-state index in [1.807, 2.05) is 37.3 Å². The first kappa shape index (κ1) is 10.6. The van der Waals surface area contributed by atoms with Crippen LogP contribution in [0.5, 0.6) is 0 Å². The van der Waals surface area contributed by atoms with Gasteiger partial charge in [-0.15, -0.1) is 0 Å². The lowest BCUT2D eigenvalue weighted by Gasteiger charge is -1.88. The predicted molar refractivity (Wildman–Crippen MR) is 56.7 cm³/mol. The molecule has 0 aliphatic rings.